The Morgan fingerprint density at radius 2 is 2.11 bits per heavy atom. The molecule has 0 bridgehead atoms. The highest BCUT2D eigenvalue weighted by molar-refractivity contribution is 5.93. The summed E-state index contributed by atoms with van der Waals surface area (Å²) in [6, 6.07) is 1.84. The number of furan rings is 1. The van der Waals surface area contributed by atoms with E-state index in [1.165, 1.54) is 4.90 Å². The Hall–Kier alpha value is -1.78. The van der Waals surface area contributed by atoms with Crippen LogP contribution in [0.1, 0.15) is 35.7 Å². The third-order valence-electron chi connectivity index (χ3n) is 2.83. The molecule has 0 aliphatic rings. The van der Waals surface area contributed by atoms with E-state index in [1.54, 1.807) is 14.0 Å². The summed E-state index contributed by atoms with van der Waals surface area (Å²) < 4.78 is 5.45. The van der Waals surface area contributed by atoms with Gasteiger partial charge in [-0.05, 0) is 13.0 Å². The summed E-state index contributed by atoms with van der Waals surface area (Å²) in [6.45, 7) is 5.49. The summed E-state index contributed by atoms with van der Waals surface area (Å²) in [6.07, 6.45) is 0.726. The first-order valence-electron chi connectivity index (χ1n) is 5.94. The highest BCUT2D eigenvalue weighted by atomic mass is 16.4. The largest absolute Gasteiger partial charge is 0.481 e. The molecule has 5 heteroatoms. The maximum atomic E-state index is 12.1. The maximum Gasteiger partial charge on any atom is 0.308 e. The monoisotopic (exact) mass is 253 g/mol. The summed E-state index contributed by atoms with van der Waals surface area (Å²) in [5, 5.41) is 8.82. The molecule has 0 fully saturated rings. The molecule has 0 unspecified atom stereocenters. The van der Waals surface area contributed by atoms with Crippen molar-refractivity contribution < 1.29 is 19.1 Å². The normalized spacial score (nSPS) is 12.2. The lowest BCUT2D eigenvalue weighted by Gasteiger charge is -2.18. The first-order chi connectivity index (χ1) is 8.36. The van der Waals surface area contributed by atoms with Gasteiger partial charge in [0, 0.05) is 25.6 Å². The molecular weight excluding hydrogens is 234 g/mol. The topological polar surface area (TPSA) is 70.8 Å². The number of nitrogens with zero attached hydrogens (tertiary/aromatic N) is 1. The summed E-state index contributed by atoms with van der Waals surface area (Å²) in [5.74, 6) is -0.734. The number of rotatable bonds is 5. The first-order valence-corrected chi connectivity index (χ1v) is 5.94. The van der Waals surface area contributed by atoms with Gasteiger partial charge in [-0.1, -0.05) is 13.8 Å². The van der Waals surface area contributed by atoms with Crippen molar-refractivity contribution in [2.24, 2.45) is 5.92 Å². The number of carboxylic acid groups (broad SMARTS) is 1. The number of aliphatic carboxylic acids is 1. The molecule has 0 aliphatic carbocycles. The molecule has 5 nitrogen and oxygen atoms in total. The van der Waals surface area contributed by atoms with E-state index in [1.807, 2.05) is 19.9 Å². The van der Waals surface area contributed by atoms with Crippen molar-refractivity contribution in [2.45, 2.75) is 27.2 Å². The van der Waals surface area contributed by atoms with Crippen LogP contribution in [0.5, 0.6) is 0 Å². The van der Waals surface area contributed by atoms with E-state index in [2.05, 4.69) is 0 Å². The van der Waals surface area contributed by atoms with Gasteiger partial charge in [0.1, 0.15) is 5.76 Å². The standard InChI is InChI=1S/C13H19NO4/c1-5-10-6-8(2)11(18-10)12(15)14(4)7-9(3)13(16)17/h6,9H,5,7H2,1-4H3,(H,16,17)/t9-/m1/s1. The third kappa shape index (κ3) is 3.12. The predicted octanol–water partition coefficient (Wildman–Crippen LogP) is 1.94. The second kappa shape index (κ2) is 5.71. The smallest absolute Gasteiger partial charge is 0.308 e. The highest BCUT2D eigenvalue weighted by Crippen LogP contribution is 2.17. The van der Waals surface area contributed by atoms with Gasteiger partial charge in [-0.3, -0.25) is 9.59 Å². The number of carboxylic acids is 1. The lowest BCUT2D eigenvalue weighted by Crippen LogP contribution is -2.33. The molecule has 1 atom stereocenters. The fourth-order valence-electron chi connectivity index (χ4n) is 1.68. The van der Waals surface area contributed by atoms with Crippen LogP contribution in [0.2, 0.25) is 0 Å². The second-order valence-corrected chi connectivity index (χ2v) is 4.50. The summed E-state index contributed by atoms with van der Waals surface area (Å²) in [7, 11) is 1.58. The molecule has 1 rings (SSSR count). The van der Waals surface area contributed by atoms with Gasteiger partial charge in [0.25, 0.3) is 5.91 Å². The van der Waals surface area contributed by atoms with E-state index in [9.17, 15) is 9.59 Å². The van der Waals surface area contributed by atoms with Crippen molar-refractivity contribution in [1.82, 2.24) is 4.90 Å². The maximum absolute atomic E-state index is 12.1. The van der Waals surface area contributed by atoms with Crippen molar-refractivity contribution in [3.05, 3.63) is 23.2 Å². The lowest BCUT2D eigenvalue weighted by atomic mass is 10.1. The highest BCUT2D eigenvalue weighted by Gasteiger charge is 2.22. The quantitative estimate of drug-likeness (QED) is 0.870. The summed E-state index contributed by atoms with van der Waals surface area (Å²) in [5.41, 5.74) is 0.784. The molecule has 0 aromatic carbocycles. The Balaban J connectivity index is 2.79. The average molecular weight is 253 g/mol. The van der Waals surface area contributed by atoms with Crippen LogP contribution in [-0.4, -0.2) is 35.5 Å². The molecule has 1 amide bonds. The fraction of sp³-hybridized carbons (Fsp3) is 0.538. The predicted molar refractivity (Wildman–Crippen MR) is 66.6 cm³/mol. The Kier molecular flexibility index (Phi) is 4.53. The second-order valence-electron chi connectivity index (χ2n) is 4.50. The van der Waals surface area contributed by atoms with Crippen molar-refractivity contribution in [2.75, 3.05) is 13.6 Å². The van der Waals surface area contributed by atoms with E-state index in [-0.39, 0.29) is 12.5 Å². The van der Waals surface area contributed by atoms with E-state index in [4.69, 9.17) is 9.52 Å². The lowest BCUT2D eigenvalue weighted by molar-refractivity contribution is -0.141. The van der Waals surface area contributed by atoms with Gasteiger partial charge in [0.15, 0.2) is 5.76 Å². The van der Waals surface area contributed by atoms with E-state index >= 15 is 0 Å². The third-order valence-corrected chi connectivity index (χ3v) is 2.83. The Morgan fingerprint density at radius 1 is 1.50 bits per heavy atom. The average Bonchev–Trinajstić information content (AvgIpc) is 2.69. The van der Waals surface area contributed by atoms with Crippen LogP contribution in [0.25, 0.3) is 0 Å². The van der Waals surface area contributed by atoms with Gasteiger partial charge in [0.2, 0.25) is 0 Å². The van der Waals surface area contributed by atoms with E-state index in [0.29, 0.717) is 5.76 Å². The minimum Gasteiger partial charge on any atom is -0.481 e. The van der Waals surface area contributed by atoms with Crippen LogP contribution in [0.15, 0.2) is 10.5 Å². The van der Waals surface area contributed by atoms with Crippen molar-refractivity contribution >= 4 is 11.9 Å². The number of amides is 1. The van der Waals surface area contributed by atoms with Crippen molar-refractivity contribution in [3.8, 4) is 0 Å². The minimum atomic E-state index is -0.917. The van der Waals surface area contributed by atoms with Crippen LogP contribution >= 0.6 is 0 Å². The zero-order valence-electron chi connectivity index (χ0n) is 11.2. The van der Waals surface area contributed by atoms with Crippen LogP contribution < -0.4 is 0 Å². The van der Waals surface area contributed by atoms with Crippen molar-refractivity contribution in [1.29, 1.82) is 0 Å². The minimum absolute atomic E-state index is 0.162. The fourth-order valence-corrected chi connectivity index (χ4v) is 1.68. The van der Waals surface area contributed by atoms with Gasteiger partial charge < -0.3 is 14.4 Å². The van der Waals surface area contributed by atoms with Crippen LogP contribution in [0.3, 0.4) is 0 Å². The molecule has 1 heterocycles. The number of carbonyl (C=O) groups excluding carboxylic acids is 1. The van der Waals surface area contributed by atoms with Gasteiger partial charge in [-0.25, -0.2) is 0 Å². The first kappa shape index (κ1) is 14.3. The Bertz CT molecular complexity index is 450. The zero-order valence-corrected chi connectivity index (χ0v) is 11.2. The molecule has 0 aliphatic heterocycles. The molecule has 18 heavy (non-hydrogen) atoms. The van der Waals surface area contributed by atoms with E-state index < -0.39 is 11.9 Å². The molecule has 100 valence electrons. The molecular formula is C13H19NO4. The number of hydrogen-bond acceptors (Lipinski definition) is 3. The van der Waals surface area contributed by atoms with Crippen LogP contribution in [0, 0.1) is 12.8 Å². The van der Waals surface area contributed by atoms with Gasteiger partial charge in [-0.2, -0.15) is 0 Å². The van der Waals surface area contributed by atoms with Crippen molar-refractivity contribution in [3.63, 3.8) is 0 Å². The number of aryl methyl sites for hydroxylation is 2. The van der Waals surface area contributed by atoms with Crippen LogP contribution in [-0.2, 0) is 11.2 Å². The molecule has 0 saturated heterocycles. The van der Waals surface area contributed by atoms with E-state index in [0.717, 1.165) is 17.7 Å². The molecule has 1 aromatic rings. The molecule has 0 radical (unpaired) electrons. The molecule has 0 spiro atoms. The van der Waals surface area contributed by atoms with Gasteiger partial charge >= 0.3 is 5.97 Å². The SMILES string of the molecule is CCc1cc(C)c(C(=O)N(C)C[C@@H](C)C(=O)O)o1. The number of carbonyl (C=O) groups is 2. The summed E-state index contributed by atoms with van der Waals surface area (Å²) in [4.78, 5) is 24.2. The number of hydrogen-bond donors (Lipinski definition) is 1. The summed E-state index contributed by atoms with van der Waals surface area (Å²) >= 11 is 0. The zero-order chi connectivity index (χ0) is 13.9. The van der Waals surface area contributed by atoms with Crippen LogP contribution in [0.4, 0.5) is 0 Å². The molecule has 1 N–H and O–H groups in total. The Morgan fingerprint density at radius 3 is 2.56 bits per heavy atom. The van der Waals surface area contributed by atoms with Gasteiger partial charge in [-0.15, -0.1) is 0 Å². The Labute approximate surface area is 106 Å². The molecule has 0 saturated carbocycles. The molecule has 1 aromatic heterocycles. The van der Waals surface area contributed by atoms with Gasteiger partial charge in [0.05, 0.1) is 5.92 Å².